The summed E-state index contributed by atoms with van der Waals surface area (Å²) >= 11 is 13.0. The van der Waals surface area contributed by atoms with Gasteiger partial charge in [-0.1, -0.05) is 78.6 Å². The molecule has 1 saturated heterocycles. The van der Waals surface area contributed by atoms with Gasteiger partial charge < -0.3 is 20.9 Å². The number of hydrogen-bond donors (Lipinski definition) is 4. The van der Waals surface area contributed by atoms with E-state index in [-0.39, 0.29) is 53.6 Å². The third kappa shape index (κ3) is 7.52. The first-order valence-corrected chi connectivity index (χ1v) is 22.9. The van der Waals surface area contributed by atoms with Crippen LogP contribution in [0.5, 0.6) is 0 Å². The minimum absolute atomic E-state index is 0.00635. The van der Waals surface area contributed by atoms with Crippen LogP contribution in [0, 0.1) is 17.8 Å². The van der Waals surface area contributed by atoms with Crippen LogP contribution in [-0.2, 0) is 35.9 Å². The van der Waals surface area contributed by atoms with Crippen LogP contribution in [0.15, 0.2) is 60.7 Å². The molecular formula is C49H51Cl2N5O6. The summed E-state index contributed by atoms with van der Waals surface area (Å²) in [4.78, 5) is 81.6. The summed E-state index contributed by atoms with van der Waals surface area (Å²) in [7, 11) is 0. The number of hydrogen-bond acceptors (Lipinski definition) is 7. The highest BCUT2D eigenvalue weighted by Crippen LogP contribution is 2.62. The number of benzene rings is 3. The normalized spacial score (nSPS) is 27.4. The summed E-state index contributed by atoms with van der Waals surface area (Å²) in [6, 6.07) is 17.2. The van der Waals surface area contributed by atoms with Gasteiger partial charge in [-0.05, 0) is 104 Å². The zero-order valence-corrected chi connectivity index (χ0v) is 36.1. The van der Waals surface area contributed by atoms with Crippen molar-refractivity contribution >= 4 is 64.1 Å². The van der Waals surface area contributed by atoms with Crippen molar-refractivity contribution in [3.63, 3.8) is 0 Å². The standard InChI is InChI=1S/C49H51Cl2N5O6/c50-32-12-7-11-31(25-32)42-43(55-48(22-4-2-5-23-48)49(42)38-20-16-33(51)26-39(38)54-47(49)62)45(60)53-34-17-14-30(15-18-34)44(59)52-24-6-1-3-9-29-10-8-13-36-37(29)28-56(46(36)61)40-21-19-35(57)27-41(40)58/h7-8,10-13,16,20,25-26,30,34,40,42-43,55H,1-2,4-6,14-15,17-19,21-24,27-28H2,(H,52,59)(H,53,60)(H,54,62)/t30?,34?,40?,42-,43+,49+/m0/s1. The second kappa shape index (κ2) is 17.3. The number of halogens is 2. The van der Waals surface area contributed by atoms with E-state index in [1.165, 1.54) is 0 Å². The second-order valence-electron chi connectivity index (χ2n) is 18.0. The fourth-order valence-electron chi connectivity index (χ4n) is 11.6. The Balaban J connectivity index is 0.805. The van der Waals surface area contributed by atoms with Crippen molar-refractivity contribution in [1.29, 1.82) is 0 Å². The molecular weight excluding hydrogens is 825 g/mol. The molecule has 2 spiro atoms. The molecule has 4 amide bonds. The predicted molar refractivity (Wildman–Crippen MR) is 236 cm³/mol. The Morgan fingerprint density at radius 3 is 2.42 bits per heavy atom. The summed E-state index contributed by atoms with van der Waals surface area (Å²) in [5, 5.41) is 14.5. The number of carbonyl (C=O) groups excluding carboxylic acids is 6. The molecule has 4 N–H and O–H groups in total. The van der Waals surface area contributed by atoms with Gasteiger partial charge in [-0.15, -0.1) is 0 Å². The summed E-state index contributed by atoms with van der Waals surface area (Å²) in [6.07, 6.45) is 8.84. The molecule has 3 heterocycles. The molecule has 1 unspecified atom stereocenters. The summed E-state index contributed by atoms with van der Waals surface area (Å²) in [6.45, 7) is 0.786. The third-order valence-corrected chi connectivity index (χ3v) is 14.9. The zero-order chi connectivity index (χ0) is 43.2. The topological polar surface area (TPSA) is 154 Å². The van der Waals surface area contributed by atoms with Crippen LogP contribution < -0.4 is 21.3 Å². The van der Waals surface area contributed by atoms with Gasteiger partial charge in [0.25, 0.3) is 5.91 Å². The van der Waals surface area contributed by atoms with E-state index < -0.39 is 29.0 Å². The molecule has 3 aliphatic carbocycles. The summed E-state index contributed by atoms with van der Waals surface area (Å²) < 4.78 is 0. The molecule has 0 aromatic heterocycles. The first kappa shape index (κ1) is 42.3. The molecule has 3 aromatic carbocycles. The minimum atomic E-state index is -1.06. The van der Waals surface area contributed by atoms with Gasteiger partial charge in [0.15, 0.2) is 5.78 Å². The van der Waals surface area contributed by atoms with Gasteiger partial charge in [0.1, 0.15) is 11.2 Å². The Labute approximate surface area is 371 Å². The number of anilines is 1. The number of unbranched alkanes of at least 4 members (excludes halogenated alkanes) is 1. The lowest BCUT2D eigenvalue weighted by atomic mass is 9.55. The Bertz CT molecular complexity index is 2410. The van der Waals surface area contributed by atoms with Crippen molar-refractivity contribution in [2.45, 2.75) is 131 Å². The molecule has 3 aliphatic heterocycles. The maximum Gasteiger partial charge on any atom is 0.255 e. The molecule has 11 nitrogen and oxygen atoms in total. The molecule has 9 rings (SSSR count). The van der Waals surface area contributed by atoms with Crippen LogP contribution >= 0.6 is 23.2 Å². The molecule has 322 valence electrons. The van der Waals surface area contributed by atoms with Crippen LogP contribution in [0.25, 0.3) is 0 Å². The number of Topliss-reactive ketones (excluding diaryl/α,β-unsaturated/α-hetero) is 2. The highest BCUT2D eigenvalue weighted by atomic mass is 35.5. The van der Waals surface area contributed by atoms with Gasteiger partial charge in [-0.3, -0.25) is 34.1 Å². The zero-order valence-electron chi connectivity index (χ0n) is 34.6. The number of fused-ring (bicyclic) bond motifs is 4. The number of ketones is 2. The van der Waals surface area contributed by atoms with E-state index in [1.54, 1.807) is 23.1 Å². The van der Waals surface area contributed by atoms with Crippen molar-refractivity contribution < 1.29 is 28.8 Å². The molecule has 3 aromatic rings. The molecule has 6 aliphatic rings. The Hall–Kier alpha value is -5.02. The summed E-state index contributed by atoms with van der Waals surface area (Å²) in [5.41, 5.74) is 2.77. The van der Waals surface area contributed by atoms with E-state index in [4.69, 9.17) is 23.2 Å². The highest BCUT2D eigenvalue weighted by molar-refractivity contribution is 6.31. The van der Waals surface area contributed by atoms with Gasteiger partial charge in [-0.25, -0.2) is 0 Å². The highest BCUT2D eigenvalue weighted by Gasteiger charge is 2.72. The summed E-state index contributed by atoms with van der Waals surface area (Å²) in [5.74, 6) is 4.98. The molecule has 0 radical (unpaired) electrons. The molecule has 62 heavy (non-hydrogen) atoms. The Kier molecular flexibility index (Phi) is 11.8. The van der Waals surface area contributed by atoms with Crippen LogP contribution in [0.1, 0.15) is 128 Å². The monoisotopic (exact) mass is 875 g/mol. The lowest BCUT2D eigenvalue weighted by Crippen LogP contribution is -2.60. The number of amides is 4. The quantitative estimate of drug-likeness (QED) is 0.109. The van der Waals surface area contributed by atoms with Gasteiger partial charge in [-0.2, -0.15) is 0 Å². The van der Waals surface area contributed by atoms with Gasteiger partial charge in [0.2, 0.25) is 17.7 Å². The van der Waals surface area contributed by atoms with Gasteiger partial charge in [0.05, 0.1) is 18.5 Å². The number of carbonyl (C=O) groups is 6. The maximum absolute atomic E-state index is 14.6. The largest absolute Gasteiger partial charge is 0.356 e. The van der Waals surface area contributed by atoms with E-state index in [1.807, 2.05) is 42.5 Å². The first-order valence-electron chi connectivity index (χ1n) is 22.2. The fourth-order valence-corrected chi connectivity index (χ4v) is 12.0. The van der Waals surface area contributed by atoms with Crippen molar-refractivity contribution in [2.24, 2.45) is 5.92 Å². The van der Waals surface area contributed by atoms with Crippen molar-refractivity contribution in [1.82, 2.24) is 20.9 Å². The van der Waals surface area contributed by atoms with E-state index in [9.17, 15) is 28.8 Å². The fraction of sp³-hybridized carbons (Fsp3) is 0.469. The average molecular weight is 877 g/mol. The SMILES string of the molecule is O=C1CCC(N2Cc3c(C#CCCCNC(=O)C4CCC(NC(=O)[C@@H]5NC6(CCCCC6)[C@@]6(C(=O)Nc7cc(Cl)ccc76)[C@H]5c5cccc(Cl)c5)CC4)cccc3C2=O)C(=O)C1. The molecule has 13 heteroatoms. The van der Waals surface area contributed by atoms with Gasteiger partial charge >= 0.3 is 0 Å². The molecule has 4 fully saturated rings. The third-order valence-electron chi connectivity index (χ3n) is 14.5. The van der Waals surface area contributed by atoms with E-state index in [0.717, 1.165) is 54.4 Å². The maximum atomic E-state index is 14.6. The van der Waals surface area contributed by atoms with E-state index >= 15 is 0 Å². The van der Waals surface area contributed by atoms with E-state index in [2.05, 4.69) is 33.1 Å². The predicted octanol–water partition coefficient (Wildman–Crippen LogP) is 6.91. The van der Waals surface area contributed by atoms with Crippen molar-refractivity contribution in [3.8, 4) is 11.8 Å². The lowest BCUT2D eigenvalue weighted by Gasteiger charge is -2.47. The smallest absolute Gasteiger partial charge is 0.255 e. The van der Waals surface area contributed by atoms with E-state index in [0.29, 0.717) is 85.8 Å². The van der Waals surface area contributed by atoms with Crippen LogP contribution in [0.4, 0.5) is 5.69 Å². The van der Waals surface area contributed by atoms with Crippen LogP contribution in [-0.4, -0.2) is 70.3 Å². The van der Waals surface area contributed by atoms with Crippen LogP contribution in [0.3, 0.4) is 0 Å². The lowest BCUT2D eigenvalue weighted by molar-refractivity contribution is -0.133. The molecule has 0 bridgehead atoms. The van der Waals surface area contributed by atoms with Crippen LogP contribution in [0.2, 0.25) is 10.0 Å². The minimum Gasteiger partial charge on any atom is -0.356 e. The number of nitrogens with one attached hydrogen (secondary N) is 4. The number of nitrogens with zero attached hydrogens (tertiary/aromatic N) is 1. The Morgan fingerprint density at radius 2 is 1.65 bits per heavy atom. The number of rotatable bonds is 8. The van der Waals surface area contributed by atoms with Gasteiger partial charge in [0, 0.05) is 76.2 Å². The average Bonchev–Trinajstić information content (AvgIpc) is 3.86. The Morgan fingerprint density at radius 1 is 0.871 bits per heavy atom. The molecule has 4 atom stereocenters. The first-order chi connectivity index (χ1) is 30.0. The molecule has 3 saturated carbocycles. The van der Waals surface area contributed by atoms with Crippen molar-refractivity contribution in [3.05, 3.63) is 98.5 Å². The van der Waals surface area contributed by atoms with Crippen molar-refractivity contribution in [2.75, 3.05) is 11.9 Å². The second-order valence-corrected chi connectivity index (χ2v) is 18.9.